The summed E-state index contributed by atoms with van der Waals surface area (Å²) in [5.74, 6) is 0.158. The predicted molar refractivity (Wildman–Crippen MR) is 62.6 cm³/mol. The molecule has 2 heteroatoms. The predicted octanol–water partition coefficient (Wildman–Crippen LogP) is 2.58. The van der Waals surface area contributed by atoms with Crippen molar-refractivity contribution < 1.29 is 4.79 Å². The first kappa shape index (κ1) is 11.8. The molecule has 0 unspecified atom stereocenters. The zero-order chi connectivity index (χ0) is 11.4. The van der Waals surface area contributed by atoms with E-state index in [9.17, 15) is 4.79 Å². The molecule has 15 heavy (non-hydrogen) atoms. The summed E-state index contributed by atoms with van der Waals surface area (Å²) in [7, 11) is 0. The van der Waals surface area contributed by atoms with E-state index in [0.29, 0.717) is 6.54 Å². The highest BCUT2D eigenvalue weighted by molar-refractivity contribution is 5.77. The average Bonchev–Trinajstić information content (AvgIpc) is 2.18. The van der Waals surface area contributed by atoms with E-state index in [1.807, 2.05) is 13.8 Å². The van der Waals surface area contributed by atoms with Gasteiger partial charge in [0.2, 0.25) is 5.91 Å². The van der Waals surface area contributed by atoms with Crippen LogP contribution in [0.25, 0.3) is 0 Å². The number of benzene rings is 1. The summed E-state index contributed by atoms with van der Waals surface area (Å²) < 4.78 is 0. The Morgan fingerprint density at radius 3 is 2.60 bits per heavy atom. The van der Waals surface area contributed by atoms with E-state index >= 15 is 0 Å². The van der Waals surface area contributed by atoms with Crippen molar-refractivity contribution in [3.05, 3.63) is 34.9 Å². The van der Waals surface area contributed by atoms with E-state index in [4.69, 9.17) is 0 Å². The molecular weight excluding hydrogens is 186 g/mol. The molecule has 0 aliphatic carbocycles. The summed E-state index contributed by atoms with van der Waals surface area (Å²) in [6.45, 7) is 8.56. The SMILES string of the molecule is Cc1ccc(C)c(CNC(=O)C(C)C)c1. The second-order valence-electron chi connectivity index (χ2n) is 4.30. The Morgan fingerprint density at radius 2 is 2.00 bits per heavy atom. The first-order valence-electron chi connectivity index (χ1n) is 5.34. The van der Waals surface area contributed by atoms with Gasteiger partial charge in [-0.1, -0.05) is 37.6 Å². The van der Waals surface area contributed by atoms with Gasteiger partial charge < -0.3 is 5.32 Å². The third-order valence-corrected chi connectivity index (χ3v) is 2.48. The molecule has 0 fully saturated rings. The zero-order valence-corrected chi connectivity index (χ0v) is 9.92. The summed E-state index contributed by atoms with van der Waals surface area (Å²) in [6.07, 6.45) is 0. The topological polar surface area (TPSA) is 29.1 Å². The summed E-state index contributed by atoms with van der Waals surface area (Å²) in [5.41, 5.74) is 3.66. The van der Waals surface area contributed by atoms with Gasteiger partial charge in [0.05, 0.1) is 0 Å². The fraction of sp³-hybridized carbons (Fsp3) is 0.462. The van der Waals surface area contributed by atoms with E-state index < -0.39 is 0 Å². The molecule has 1 aromatic rings. The minimum absolute atomic E-state index is 0.0510. The van der Waals surface area contributed by atoms with Crippen molar-refractivity contribution in [2.24, 2.45) is 5.92 Å². The van der Waals surface area contributed by atoms with Crippen LogP contribution in [0, 0.1) is 19.8 Å². The molecule has 0 saturated carbocycles. The summed E-state index contributed by atoms with van der Waals surface area (Å²) in [4.78, 5) is 11.4. The molecule has 0 radical (unpaired) electrons. The number of aryl methyl sites for hydroxylation is 2. The summed E-state index contributed by atoms with van der Waals surface area (Å²) in [5, 5.41) is 2.93. The van der Waals surface area contributed by atoms with Crippen molar-refractivity contribution in [3.63, 3.8) is 0 Å². The maximum absolute atomic E-state index is 11.4. The number of carbonyl (C=O) groups is 1. The van der Waals surface area contributed by atoms with Crippen LogP contribution in [-0.4, -0.2) is 5.91 Å². The van der Waals surface area contributed by atoms with Gasteiger partial charge >= 0.3 is 0 Å². The Hall–Kier alpha value is -1.31. The van der Waals surface area contributed by atoms with Crippen LogP contribution < -0.4 is 5.32 Å². The van der Waals surface area contributed by atoms with E-state index in [1.165, 1.54) is 16.7 Å². The molecule has 82 valence electrons. The Balaban J connectivity index is 2.65. The molecule has 1 rings (SSSR count). The Morgan fingerprint density at radius 1 is 1.33 bits per heavy atom. The first-order valence-corrected chi connectivity index (χ1v) is 5.34. The summed E-state index contributed by atoms with van der Waals surface area (Å²) >= 11 is 0. The molecule has 0 spiro atoms. The average molecular weight is 205 g/mol. The lowest BCUT2D eigenvalue weighted by Crippen LogP contribution is -2.27. The standard InChI is InChI=1S/C13H19NO/c1-9(2)13(15)14-8-12-7-10(3)5-6-11(12)4/h5-7,9H,8H2,1-4H3,(H,14,15). The lowest BCUT2D eigenvalue weighted by atomic mass is 10.1. The largest absolute Gasteiger partial charge is 0.352 e. The summed E-state index contributed by atoms with van der Waals surface area (Å²) in [6, 6.07) is 6.30. The van der Waals surface area contributed by atoms with Crippen LogP contribution in [0.15, 0.2) is 18.2 Å². The van der Waals surface area contributed by atoms with Gasteiger partial charge in [0.25, 0.3) is 0 Å². The number of rotatable bonds is 3. The lowest BCUT2D eigenvalue weighted by Gasteiger charge is -2.10. The van der Waals surface area contributed by atoms with Gasteiger partial charge in [-0.2, -0.15) is 0 Å². The normalized spacial score (nSPS) is 10.5. The monoisotopic (exact) mass is 205 g/mol. The van der Waals surface area contributed by atoms with Gasteiger partial charge in [0.1, 0.15) is 0 Å². The van der Waals surface area contributed by atoms with Gasteiger partial charge in [0, 0.05) is 12.5 Å². The van der Waals surface area contributed by atoms with Gasteiger partial charge in [-0.25, -0.2) is 0 Å². The number of hydrogen-bond donors (Lipinski definition) is 1. The van der Waals surface area contributed by atoms with Crippen molar-refractivity contribution in [2.75, 3.05) is 0 Å². The molecular formula is C13H19NO. The second-order valence-corrected chi connectivity index (χ2v) is 4.30. The van der Waals surface area contributed by atoms with Crippen molar-refractivity contribution in [1.82, 2.24) is 5.32 Å². The molecule has 0 bridgehead atoms. The third-order valence-electron chi connectivity index (χ3n) is 2.48. The number of amides is 1. The maximum atomic E-state index is 11.4. The highest BCUT2D eigenvalue weighted by atomic mass is 16.1. The molecule has 0 aromatic heterocycles. The number of carbonyl (C=O) groups excluding carboxylic acids is 1. The van der Waals surface area contributed by atoms with Crippen LogP contribution in [0.2, 0.25) is 0 Å². The van der Waals surface area contributed by atoms with Crippen molar-refractivity contribution in [2.45, 2.75) is 34.2 Å². The van der Waals surface area contributed by atoms with Gasteiger partial charge in [-0.05, 0) is 25.0 Å². The lowest BCUT2D eigenvalue weighted by molar-refractivity contribution is -0.124. The smallest absolute Gasteiger partial charge is 0.222 e. The fourth-order valence-electron chi connectivity index (χ4n) is 1.38. The van der Waals surface area contributed by atoms with Crippen molar-refractivity contribution >= 4 is 5.91 Å². The van der Waals surface area contributed by atoms with Crippen molar-refractivity contribution in [3.8, 4) is 0 Å². The highest BCUT2D eigenvalue weighted by Gasteiger charge is 2.06. The molecule has 1 amide bonds. The first-order chi connectivity index (χ1) is 7.00. The van der Waals surface area contributed by atoms with Crippen LogP contribution in [0.3, 0.4) is 0 Å². The zero-order valence-electron chi connectivity index (χ0n) is 9.92. The molecule has 1 N–H and O–H groups in total. The molecule has 0 heterocycles. The third kappa shape index (κ3) is 3.39. The van der Waals surface area contributed by atoms with Gasteiger partial charge in [-0.3, -0.25) is 4.79 Å². The minimum Gasteiger partial charge on any atom is -0.352 e. The van der Waals surface area contributed by atoms with Crippen LogP contribution >= 0.6 is 0 Å². The van der Waals surface area contributed by atoms with Gasteiger partial charge in [-0.15, -0.1) is 0 Å². The Kier molecular flexibility index (Phi) is 3.89. The van der Waals surface area contributed by atoms with E-state index in [2.05, 4.69) is 37.4 Å². The highest BCUT2D eigenvalue weighted by Crippen LogP contribution is 2.10. The van der Waals surface area contributed by atoms with Crippen LogP contribution in [0.1, 0.15) is 30.5 Å². The molecule has 2 nitrogen and oxygen atoms in total. The van der Waals surface area contributed by atoms with Crippen LogP contribution in [0.4, 0.5) is 0 Å². The molecule has 1 aromatic carbocycles. The Bertz CT molecular complexity index is 356. The molecule has 0 saturated heterocycles. The quantitative estimate of drug-likeness (QED) is 0.807. The number of hydrogen-bond acceptors (Lipinski definition) is 1. The van der Waals surface area contributed by atoms with Crippen LogP contribution in [0.5, 0.6) is 0 Å². The van der Waals surface area contributed by atoms with Gasteiger partial charge in [0.15, 0.2) is 0 Å². The fourth-order valence-corrected chi connectivity index (χ4v) is 1.38. The van der Waals surface area contributed by atoms with E-state index in [0.717, 1.165) is 0 Å². The van der Waals surface area contributed by atoms with Crippen LogP contribution in [-0.2, 0) is 11.3 Å². The maximum Gasteiger partial charge on any atom is 0.222 e. The Labute approximate surface area is 91.7 Å². The number of nitrogens with one attached hydrogen (secondary N) is 1. The molecule has 0 aliphatic heterocycles. The van der Waals surface area contributed by atoms with Crippen molar-refractivity contribution in [1.29, 1.82) is 0 Å². The molecule has 0 atom stereocenters. The molecule has 0 aliphatic rings. The van der Waals surface area contributed by atoms with E-state index in [1.54, 1.807) is 0 Å². The minimum atomic E-state index is 0.0510. The second kappa shape index (κ2) is 4.96. The van der Waals surface area contributed by atoms with E-state index in [-0.39, 0.29) is 11.8 Å².